The standard InChI is InChI=1S/C24H25N5O/c1-4-29(5-2)21-10-12-22(17(3)13-21)27-20-9-11-23(26-16-20)24(30)28-19-8-6-7-18(14-19)15-25/h6-14,16,27H,4-5H2,1-3H3,(H,28,30). The van der Waals surface area contributed by atoms with E-state index >= 15 is 0 Å². The van der Waals surface area contributed by atoms with E-state index in [2.05, 4.69) is 65.6 Å². The van der Waals surface area contributed by atoms with Crippen molar-refractivity contribution in [1.29, 1.82) is 5.26 Å². The number of anilines is 4. The van der Waals surface area contributed by atoms with E-state index in [0.29, 0.717) is 16.9 Å². The number of amides is 1. The van der Waals surface area contributed by atoms with Gasteiger partial charge in [-0.05, 0) is 74.9 Å². The van der Waals surface area contributed by atoms with Gasteiger partial charge in [0.1, 0.15) is 5.69 Å². The fourth-order valence-electron chi connectivity index (χ4n) is 3.19. The molecule has 0 atom stereocenters. The monoisotopic (exact) mass is 399 g/mol. The summed E-state index contributed by atoms with van der Waals surface area (Å²) in [7, 11) is 0. The van der Waals surface area contributed by atoms with Gasteiger partial charge in [0.15, 0.2) is 0 Å². The fourth-order valence-corrected chi connectivity index (χ4v) is 3.19. The van der Waals surface area contributed by atoms with E-state index in [1.165, 1.54) is 5.69 Å². The minimum absolute atomic E-state index is 0.302. The van der Waals surface area contributed by atoms with Crippen molar-refractivity contribution in [3.63, 3.8) is 0 Å². The van der Waals surface area contributed by atoms with Crippen LogP contribution >= 0.6 is 0 Å². The second-order valence-corrected chi connectivity index (χ2v) is 6.88. The lowest BCUT2D eigenvalue weighted by Crippen LogP contribution is -2.21. The number of hydrogen-bond donors (Lipinski definition) is 2. The lowest BCUT2D eigenvalue weighted by atomic mass is 10.1. The molecule has 0 saturated carbocycles. The molecule has 1 aromatic heterocycles. The van der Waals surface area contributed by atoms with Gasteiger partial charge in [0.2, 0.25) is 0 Å². The van der Waals surface area contributed by atoms with E-state index in [-0.39, 0.29) is 5.91 Å². The van der Waals surface area contributed by atoms with E-state index in [9.17, 15) is 4.79 Å². The number of rotatable bonds is 7. The van der Waals surface area contributed by atoms with Gasteiger partial charge >= 0.3 is 0 Å². The van der Waals surface area contributed by atoms with Gasteiger partial charge in [0, 0.05) is 30.2 Å². The van der Waals surface area contributed by atoms with Gasteiger partial charge in [0.25, 0.3) is 5.91 Å². The fraction of sp³-hybridized carbons (Fsp3) is 0.208. The second-order valence-electron chi connectivity index (χ2n) is 6.88. The van der Waals surface area contributed by atoms with Gasteiger partial charge < -0.3 is 15.5 Å². The first-order valence-electron chi connectivity index (χ1n) is 9.94. The van der Waals surface area contributed by atoms with Gasteiger partial charge in [-0.15, -0.1) is 0 Å². The Hall–Kier alpha value is -3.85. The normalized spacial score (nSPS) is 10.2. The Bertz CT molecular complexity index is 1070. The molecule has 0 unspecified atom stereocenters. The number of aromatic nitrogens is 1. The average Bonchev–Trinajstić information content (AvgIpc) is 2.77. The molecule has 3 rings (SSSR count). The van der Waals surface area contributed by atoms with Gasteiger partial charge in [-0.2, -0.15) is 5.26 Å². The van der Waals surface area contributed by atoms with Crippen LogP contribution in [0.15, 0.2) is 60.8 Å². The zero-order valence-electron chi connectivity index (χ0n) is 17.4. The molecule has 0 aliphatic carbocycles. The summed E-state index contributed by atoms with van der Waals surface area (Å²) >= 11 is 0. The number of carbonyl (C=O) groups is 1. The maximum absolute atomic E-state index is 12.4. The SMILES string of the molecule is CCN(CC)c1ccc(Nc2ccc(C(=O)Nc3cccc(C#N)c3)nc2)c(C)c1. The third-order valence-electron chi connectivity index (χ3n) is 4.86. The van der Waals surface area contributed by atoms with Crippen molar-refractivity contribution < 1.29 is 4.79 Å². The van der Waals surface area contributed by atoms with E-state index in [4.69, 9.17) is 5.26 Å². The summed E-state index contributed by atoms with van der Waals surface area (Å²) in [6.45, 7) is 8.30. The number of nitriles is 1. The Morgan fingerprint density at radius 3 is 2.50 bits per heavy atom. The van der Waals surface area contributed by atoms with Crippen LogP contribution in [0.2, 0.25) is 0 Å². The van der Waals surface area contributed by atoms with Crippen LogP contribution in [-0.4, -0.2) is 24.0 Å². The predicted octanol–water partition coefficient (Wildman–Crippen LogP) is 5.10. The zero-order chi connectivity index (χ0) is 21.5. The lowest BCUT2D eigenvalue weighted by Gasteiger charge is -2.22. The molecular formula is C24H25N5O. The van der Waals surface area contributed by atoms with Crippen molar-refractivity contribution in [1.82, 2.24) is 4.98 Å². The highest BCUT2D eigenvalue weighted by atomic mass is 16.1. The Balaban J connectivity index is 1.68. The van der Waals surface area contributed by atoms with E-state index < -0.39 is 0 Å². The number of pyridine rings is 1. The summed E-state index contributed by atoms with van der Waals surface area (Å²) in [5, 5.41) is 15.1. The first-order chi connectivity index (χ1) is 14.5. The molecule has 30 heavy (non-hydrogen) atoms. The smallest absolute Gasteiger partial charge is 0.274 e. The van der Waals surface area contributed by atoms with Crippen LogP contribution in [0.5, 0.6) is 0 Å². The van der Waals surface area contributed by atoms with Crippen molar-refractivity contribution in [2.24, 2.45) is 0 Å². The highest BCUT2D eigenvalue weighted by molar-refractivity contribution is 6.03. The van der Waals surface area contributed by atoms with Gasteiger partial charge in [0.05, 0.1) is 23.5 Å². The summed E-state index contributed by atoms with van der Waals surface area (Å²) in [6, 6.07) is 18.7. The van der Waals surface area contributed by atoms with Gasteiger partial charge in [-0.25, -0.2) is 4.98 Å². The molecule has 1 heterocycles. The van der Waals surface area contributed by atoms with Crippen LogP contribution in [0.25, 0.3) is 0 Å². The molecule has 3 aromatic rings. The number of carbonyl (C=O) groups excluding carboxylic acids is 1. The molecular weight excluding hydrogens is 374 g/mol. The molecule has 0 aliphatic rings. The number of benzene rings is 2. The van der Waals surface area contributed by atoms with Crippen molar-refractivity contribution in [3.8, 4) is 6.07 Å². The molecule has 0 bridgehead atoms. The summed E-state index contributed by atoms with van der Waals surface area (Å²) in [6.07, 6.45) is 1.64. The highest BCUT2D eigenvalue weighted by Gasteiger charge is 2.09. The Kier molecular flexibility index (Phi) is 6.66. The molecule has 6 nitrogen and oxygen atoms in total. The topological polar surface area (TPSA) is 81.0 Å². The van der Waals surface area contributed by atoms with E-state index in [1.54, 1.807) is 36.5 Å². The van der Waals surface area contributed by atoms with Crippen LogP contribution in [0.4, 0.5) is 22.7 Å². The molecule has 0 fully saturated rings. The largest absolute Gasteiger partial charge is 0.372 e. The van der Waals surface area contributed by atoms with Crippen molar-refractivity contribution in [2.75, 3.05) is 28.6 Å². The third kappa shape index (κ3) is 4.95. The Morgan fingerprint density at radius 2 is 1.87 bits per heavy atom. The molecule has 1 amide bonds. The highest BCUT2D eigenvalue weighted by Crippen LogP contribution is 2.25. The van der Waals surface area contributed by atoms with Crippen molar-refractivity contribution in [2.45, 2.75) is 20.8 Å². The molecule has 0 aliphatic heterocycles. The first kappa shape index (κ1) is 20.9. The van der Waals surface area contributed by atoms with Gasteiger partial charge in [-0.3, -0.25) is 4.79 Å². The first-order valence-corrected chi connectivity index (χ1v) is 9.94. The molecule has 152 valence electrons. The Labute approximate surface area is 177 Å². The maximum Gasteiger partial charge on any atom is 0.274 e. The molecule has 0 radical (unpaired) electrons. The maximum atomic E-state index is 12.4. The number of nitrogens with zero attached hydrogens (tertiary/aromatic N) is 3. The van der Waals surface area contributed by atoms with E-state index in [0.717, 1.165) is 30.0 Å². The summed E-state index contributed by atoms with van der Waals surface area (Å²) < 4.78 is 0. The van der Waals surface area contributed by atoms with Crippen LogP contribution < -0.4 is 15.5 Å². The van der Waals surface area contributed by atoms with E-state index in [1.807, 2.05) is 6.07 Å². The quantitative estimate of drug-likeness (QED) is 0.577. The number of nitrogens with one attached hydrogen (secondary N) is 2. The minimum Gasteiger partial charge on any atom is -0.372 e. The van der Waals surface area contributed by atoms with Crippen molar-refractivity contribution >= 4 is 28.7 Å². The van der Waals surface area contributed by atoms with Crippen LogP contribution in [0.3, 0.4) is 0 Å². The number of aryl methyl sites for hydroxylation is 1. The van der Waals surface area contributed by atoms with Crippen LogP contribution in [0, 0.1) is 18.3 Å². The third-order valence-corrected chi connectivity index (χ3v) is 4.86. The molecule has 0 saturated heterocycles. The molecule has 2 N–H and O–H groups in total. The van der Waals surface area contributed by atoms with Crippen LogP contribution in [0.1, 0.15) is 35.5 Å². The summed E-state index contributed by atoms with van der Waals surface area (Å²) in [4.78, 5) is 19.0. The average molecular weight is 399 g/mol. The molecule has 0 spiro atoms. The molecule has 2 aromatic carbocycles. The number of hydrogen-bond acceptors (Lipinski definition) is 5. The summed E-state index contributed by atoms with van der Waals surface area (Å²) in [5.41, 5.74) is 5.49. The lowest BCUT2D eigenvalue weighted by molar-refractivity contribution is 0.102. The molecule has 6 heteroatoms. The van der Waals surface area contributed by atoms with Crippen molar-refractivity contribution in [3.05, 3.63) is 77.6 Å². The Morgan fingerprint density at radius 1 is 1.07 bits per heavy atom. The summed E-state index contributed by atoms with van der Waals surface area (Å²) in [5.74, 6) is -0.323. The zero-order valence-corrected chi connectivity index (χ0v) is 17.4. The van der Waals surface area contributed by atoms with Crippen LogP contribution in [-0.2, 0) is 0 Å². The van der Waals surface area contributed by atoms with Gasteiger partial charge in [-0.1, -0.05) is 6.07 Å². The predicted molar refractivity (Wildman–Crippen MR) is 121 cm³/mol. The minimum atomic E-state index is -0.323. The second kappa shape index (κ2) is 9.57.